The molecule has 0 aliphatic carbocycles. The molecule has 4 aromatic rings. The van der Waals surface area contributed by atoms with Crippen LogP contribution in [0.5, 0.6) is 0 Å². The van der Waals surface area contributed by atoms with E-state index in [4.69, 9.17) is 0 Å². The molecule has 0 atom stereocenters. The number of tetrazole rings is 1. The Labute approximate surface area is 187 Å². The number of aryl methyl sites for hydroxylation is 2. The summed E-state index contributed by atoms with van der Waals surface area (Å²) in [5.74, 6) is 0.557. The van der Waals surface area contributed by atoms with Gasteiger partial charge in [0, 0.05) is 30.2 Å². The molecule has 8 heteroatoms. The van der Waals surface area contributed by atoms with E-state index in [2.05, 4.69) is 45.5 Å². The summed E-state index contributed by atoms with van der Waals surface area (Å²) in [5, 5.41) is 14.3. The van der Waals surface area contributed by atoms with Gasteiger partial charge in [-0.05, 0) is 53.8 Å². The maximum Gasteiger partial charge on any atom is 0.328 e. The Bertz CT molecular complexity index is 1210. The van der Waals surface area contributed by atoms with Crippen LogP contribution in [0.3, 0.4) is 0 Å². The second-order valence-electron chi connectivity index (χ2n) is 7.99. The third-order valence-electron chi connectivity index (χ3n) is 5.60. The number of nitrogens with one attached hydrogen (secondary N) is 1. The van der Waals surface area contributed by atoms with Gasteiger partial charge in [-0.25, -0.2) is 4.79 Å². The Balaban J connectivity index is 1.63. The summed E-state index contributed by atoms with van der Waals surface area (Å²) in [6.07, 6.45) is 8.96. The SMILES string of the molecule is CCCCc1cn(CCCC)c(=O)n1Cc1cc(-c2cccc(-c3nn[nH]n3)c2)ccn1. The van der Waals surface area contributed by atoms with Crippen LogP contribution in [0.4, 0.5) is 0 Å². The summed E-state index contributed by atoms with van der Waals surface area (Å²) < 4.78 is 3.74. The molecule has 1 aromatic carbocycles. The van der Waals surface area contributed by atoms with Crippen molar-refractivity contribution in [3.05, 3.63) is 70.7 Å². The van der Waals surface area contributed by atoms with Gasteiger partial charge in [0.05, 0.1) is 12.2 Å². The molecule has 0 saturated heterocycles. The molecule has 0 aliphatic heterocycles. The van der Waals surface area contributed by atoms with Crippen molar-refractivity contribution in [2.45, 2.75) is 59.0 Å². The van der Waals surface area contributed by atoms with E-state index >= 15 is 0 Å². The van der Waals surface area contributed by atoms with Crippen LogP contribution >= 0.6 is 0 Å². The number of rotatable bonds is 10. The monoisotopic (exact) mass is 431 g/mol. The van der Waals surface area contributed by atoms with Gasteiger partial charge in [0.2, 0.25) is 5.82 Å². The molecule has 0 fully saturated rings. The number of hydrogen-bond acceptors (Lipinski definition) is 5. The average Bonchev–Trinajstić information content (AvgIpc) is 3.46. The van der Waals surface area contributed by atoms with E-state index in [1.54, 1.807) is 6.20 Å². The number of aromatic nitrogens is 7. The van der Waals surface area contributed by atoms with Crippen molar-refractivity contribution in [2.75, 3.05) is 0 Å². The zero-order valence-electron chi connectivity index (χ0n) is 18.7. The number of hydrogen-bond donors (Lipinski definition) is 1. The van der Waals surface area contributed by atoms with Crippen molar-refractivity contribution >= 4 is 0 Å². The lowest BCUT2D eigenvalue weighted by Crippen LogP contribution is -2.26. The van der Waals surface area contributed by atoms with Gasteiger partial charge in [-0.15, -0.1) is 10.2 Å². The Morgan fingerprint density at radius 1 is 1.00 bits per heavy atom. The van der Waals surface area contributed by atoms with Crippen molar-refractivity contribution in [1.82, 2.24) is 34.7 Å². The fourth-order valence-electron chi connectivity index (χ4n) is 3.83. The van der Waals surface area contributed by atoms with Crippen molar-refractivity contribution in [3.63, 3.8) is 0 Å². The van der Waals surface area contributed by atoms with Crippen LogP contribution < -0.4 is 5.69 Å². The minimum absolute atomic E-state index is 0.0517. The highest BCUT2D eigenvalue weighted by atomic mass is 16.1. The molecule has 0 bridgehead atoms. The molecule has 0 unspecified atom stereocenters. The molecular weight excluding hydrogens is 402 g/mol. The number of imidazole rings is 1. The second kappa shape index (κ2) is 10.2. The number of benzene rings is 1. The van der Waals surface area contributed by atoms with E-state index in [9.17, 15) is 4.79 Å². The highest BCUT2D eigenvalue weighted by Gasteiger charge is 2.13. The summed E-state index contributed by atoms with van der Waals surface area (Å²) in [6.45, 7) is 5.54. The van der Waals surface area contributed by atoms with Crippen molar-refractivity contribution in [2.24, 2.45) is 0 Å². The minimum atomic E-state index is 0.0517. The summed E-state index contributed by atoms with van der Waals surface area (Å²) in [6, 6.07) is 12.0. The van der Waals surface area contributed by atoms with E-state index in [0.29, 0.717) is 12.4 Å². The number of pyridine rings is 1. The highest BCUT2D eigenvalue weighted by Crippen LogP contribution is 2.24. The van der Waals surface area contributed by atoms with Crippen molar-refractivity contribution in [3.8, 4) is 22.5 Å². The number of nitrogens with zero attached hydrogens (tertiary/aromatic N) is 6. The maximum absolute atomic E-state index is 13.1. The average molecular weight is 432 g/mol. The Kier molecular flexibility index (Phi) is 6.89. The molecule has 8 nitrogen and oxygen atoms in total. The topological polar surface area (TPSA) is 94.3 Å². The number of unbranched alkanes of at least 4 members (excludes halogenated alkanes) is 2. The second-order valence-corrected chi connectivity index (χ2v) is 7.99. The first-order valence-corrected chi connectivity index (χ1v) is 11.3. The largest absolute Gasteiger partial charge is 0.328 e. The van der Waals surface area contributed by atoms with Gasteiger partial charge >= 0.3 is 5.69 Å². The molecule has 1 N–H and O–H groups in total. The highest BCUT2D eigenvalue weighted by molar-refractivity contribution is 5.70. The molecule has 0 saturated carbocycles. The zero-order chi connectivity index (χ0) is 22.3. The summed E-state index contributed by atoms with van der Waals surface area (Å²) in [4.78, 5) is 17.6. The first-order chi connectivity index (χ1) is 15.7. The fraction of sp³-hybridized carbons (Fsp3) is 0.375. The van der Waals surface area contributed by atoms with Gasteiger partial charge in [0.15, 0.2) is 0 Å². The fourth-order valence-corrected chi connectivity index (χ4v) is 3.83. The standard InChI is InChI=1S/C24H29N7O/c1-3-5-10-22-17-30(13-6-4-2)24(32)31(22)16-21-15-19(11-12-25-21)18-8-7-9-20(14-18)23-26-28-29-27-23/h7-9,11-12,14-15,17H,3-6,10,13,16H2,1-2H3,(H,26,27,28,29). The van der Waals surface area contributed by atoms with E-state index in [1.165, 1.54) is 0 Å². The number of aromatic amines is 1. The van der Waals surface area contributed by atoms with E-state index in [0.717, 1.165) is 66.7 Å². The molecule has 3 aromatic heterocycles. The van der Waals surface area contributed by atoms with Gasteiger partial charge in [-0.3, -0.25) is 14.1 Å². The first kappa shape index (κ1) is 21.7. The molecular formula is C24H29N7O. The van der Waals surface area contributed by atoms with E-state index in [-0.39, 0.29) is 5.69 Å². The molecule has 0 amide bonds. The third-order valence-corrected chi connectivity index (χ3v) is 5.60. The summed E-state index contributed by atoms with van der Waals surface area (Å²) in [7, 11) is 0. The lowest BCUT2D eigenvalue weighted by molar-refractivity contribution is 0.589. The Morgan fingerprint density at radius 2 is 1.81 bits per heavy atom. The molecule has 0 aliphatic rings. The lowest BCUT2D eigenvalue weighted by atomic mass is 10.0. The van der Waals surface area contributed by atoms with Crippen LogP contribution in [0.1, 0.15) is 50.9 Å². The maximum atomic E-state index is 13.1. The lowest BCUT2D eigenvalue weighted by Gasteiger charge is -2.09. The molecule has 166 valence electrons. The van der Waals surface area contributed by atoms with Crippen LogP contribution in [0.15, 0.2) is 53.6 Å². The van der Waals surface area contributed by atoms with Gasteiger partial charge in [-0.1, -0.05) is 44.9 Å². The van der Waals surface area contributed by atoms with Crippen LogP contribution in [0.2, 0.25) is 0 Å². The quantitative estimate of drug-likeness (QED) is 0.408. The molecule has 32 heavy (non-hydrogen) atoms. The van der Waals surface area contributed by atoms with Crippen LogP contribution in [-0.4, -0.2) is 34.7 Å². The van der Waals surface area contributed by atoms with E-state index < -0.39 is 0 Å². The Morgan fingerprint density at radius 3 is 2.59 bits per heavy atom. The third kappa shape index (κ3) is 4.85. The van der Waals surface area contributed by atoms with Crippen molar-refractivity contribution in [1.29, 1.82) is 0 Å². The van der Waals surface area contributed by atoms with Gasteiger partial charge < -0.3 is 0 Å². The summed E-state index contributed by atoms with van der Waals surface area (Å²) in [5.41, 5.74) is 4.96. The molecule has 0 spiro atoms. The molecule has 3 heterocycles. The zero-order valence-corrected chi connectivity index (χ0v) is 18.7. The molecule has 0 radical (unpaired) electrons. The van der Waals surface area contributed by atoms with Gasteiger partial charge in [0.25, 0.3) is 0 Å². The van der Waals surface area contributed by atoms with Crippen LogP contribution in [-0.2, 0) is 19.5 Å². The predicted molar refractivity (Wildman–Crippen MR) is 124 cm³/mol. The smallest absolute Gasteiger partial charge is 0.299 e. The number of H-pyrrole nitrogens is 1. The van der Waals surface area contributed by atoms with Gasteiger partial charge in [0.1, 0.15) is 0 Å². The van der Waals surface area contributed by atoms with Crippen molar-refractivity contribution < 1.29 is 0 Å². The predicted octanol–water partition coefficient (Wildman–Crippen LogP) is 4.08. The Hall–Kier alpha value is -3.55. The van der Waals surface area contributed by atoms with E-state index in [1.807, 2.05) is 45.7 Å². The minimum Gasteiger partial charge on any atom is -0.299 e. The normalized spacial score (nSPS) is 11.2. The first-order valence-electron chi connectivity index (χ1n) is 11.3. The van der Waals surface area contributed by atoms with Gasteiger partial charge in [-0.2, -0.15) is 5.21 Å². The summed E-state index contributed by atoms with van der Waals surface area (Å²) >= 11 is 0. The van der Waals surface area contributed by atoms with Crippen LogP contribution in [0, 0.1) is 0 Å². The molecule has 4 rings (SSSR count). The van der Waals surface area contributed by atoms with Crippen LogP contribution in [0.25, 0.3) is 22.5 Å².